The fraction of sp³-hybridized carbons (Fsp3) is 0.467. The molecular weight excluding hydrogens is 268 g/mol. The van der Waals surface area contributed by atoms with E-state index in [0.717, 1.165) is 18.5 Å². The van der Waals surface area contributed by atoms with Gasteiger partial charge in [0.2, 0.25) is 5.91 Å². The molecule has 6 heteroatoms. The fourth-order valence-electron chi connectivity index (χ4n) is 2.54. The van der Waals surface area contributed by atoms with Gasteiger partial charge in [-0.25, -0.2) is 0 Å². The van der Waals surface area contributed by atoms with E-state index < -0.39 is 6.04 Å². The van der Waals surface area contributed by atoms with E-state index in [0.29, 0.717) is 37.1 Å². The molecule has 3 N–H and O–H groups in total. The van der Waals surface area contributed by atoms with Crippen molar-refractivity contribution in [1.29, 1.82) is 5.26 Å². The molecule has 1 saturated heterocycles. The fourth-order valence-corrected chi connectivity index (χ4v) is 2.54. The van der Waals surface area contributed by atoms with Crippen LogP contribution in [0.3, 0.4) is 0 Å². The molecule has 2 aliphatic rings. The van der Waals surface area contributed by atoms with E-state index >= 15 is 0 Å². The van der Waals surface area contributed by atoms with E-state index in [1.807, 2.05) is 11.0 Å². The van der Waals surface area contributed by atoms with Gasteiger partial charge in [0.15, 0.2) is 0 Å². The third-order valence-corrected chi connectivity index (χ3v) is 3.87. The highest BCUT2D eigenvalue weighted by molar-refractivity contribution is 5.88. The van der Waals surface area contributed by atoms with Crippen LogP contribution in [0, 0.1) is 11.3 Å². The van der Waals surface area contributed by atoms with E-state index in [-0.39, 0.29) is 5.91 Å². The minimum Gasteiger partial charge on any atom is -0.396 e. The van der Waals surface area contributed by atoms with Crippen molar-refractivity contribution in [3.8, 4) is 6.07 Å². The van der Waals surface area contributed by atoms with E-state index in [1.54, 1.807) is 12.1 Å². The molecule has 0 aromatic heterocycles. The maximum atomic E-state index is 12.4. The number of nitrogen functional groups attached to an aromatic ring is 1. The number of carbonyl (C=O) groups is 1. The quantitative estimate of drug-likeness (QED) is 0.795. The molecule has 21 heavy (non-hydrogen) atoms. The highest BCUT2D eigenvalue weighted by Crippen LogP contribution is 2.29. The maximum absolute atomic E-state index is 12.4. The van der Waals surface area contributed by atoms with Gasteiger partial charge in [0.05, 0.1) is 30.2 Å². The summed E-state index contributed by atoms with van der Waals surface area (Å²) in [6.07, 6.45) is 2.09. The van der Waals surface area contributed by atoms with Gasteiger partial charge in [-0.1, -0.05) is 6.07 Å². The number of para-hydroxylation sites is 1. The van der Waals surface area contributed by atoms with Gasteiger partial charge in [0.1, 0.15) is 12.1 Å². The van der Waals surface area contributed by atoms with Crippen molar-refractivity contribution in [3.63, 3.8) is 0 Å². The number of nitrogens with zero attached hydrogens (tertiary/aromatic N) is 2. The summed E-state index contributed by atoms with van der Waals surface area (Å²) < 4.78 is 5.45. The molecule has 1 aromatic rings. The lowest BCUT2D eigenvalue weighted by molar-refractivity contribution is -0.124. The Balaban J connectivity index is 1.87. The molecule has 0 spiro atoms. The second-order valence-corrected chi connectivity index (χ2v) is 5.42. The van der Waals surface area contributed by atoms with Crippen LogP contribution in [0.25, 0.3) is 0 Å². The molecule has 6 nitrogen and oxygen atoms in total. The second-order valence-electron chi connectivity index (χ2n) is 5.42. The van der Waals surface area contributed by atoms with Gasteiger partial charge in [-0.15, -0.1) is 0 Å². The van der Waals surface area contributed by atoms with Crippen LogP contribution in [-0.2, 0) is 9.53 Å². The number of nitrogens with two attached hydrogens (primary N) is 1. The highest BCUT2D eigenvalue weighted by atomic mass is 16.5. The van der Waals surface area contributed by atoms with Crippen molar-refractivity contribution < 1.29 is 9.53 Å². The normalized spacial score (nSPS) is 21.7. The average molecular weight is 286 g/mol. The van der Waals surface area contributed by atoms with Crippen molar-refractivity contribution in [2.75, 3.05) is 30.4 Å². The summed E-state index contributed by atoms with van der Waals surface area (Å²) in [5.41, 5.74) is 7.65. The summed E-state index contributed by atoms with van der Waals surface area (Å²) in [5.74, 6) is -0.0287. The molecule has 1 heterocycles. The van der Waals surface area contributed by atoms with E-state index in [9.17, 15) is 4.79 Å². The molecule has 1 aliphatic carbocycles. The van der Waals surface area contributed by atoms with Crippen LogP contribution in [0.4, 0.5) is 11.4 Å². The number of hydrogen-bond donors (Lipinski definition) is 2. The van der Waals surface area contributed by atoms with Crippen LogP contribution in [0.5, 0.6) is 0 Å². The largest absolute Gasteiger partial charge is 0.396 e. The van der Waals surface area contributed by atoms with Crippen LogP contribution >= 0.6 is 0 Å². The third-order valence-electron chi connectivity index (χ3n) is 3.87. The van der Waals surface area contributed by atoms with E-state index in [1.165, 1.54) is 0 Å². The molecule has 2 fully saturated rings. The van der Waals surface area contributed by atoms with E-state index in [2.05, 4.69) is 11.4 Å². The Labute approximate surface area is 123 Å². The summed E-state index contributed by atoms with van der Waals surface area (Å²) in [7, 11) is 0. The first-order valence-electron chi connectivity index (χ1n) is 7.14. The Morgan fingerprint density at radius 3 is 3.00 bits per heavy atom. The summed E-state index contributed by atoms with van der Waals surface area (Å²) in [4.78, 5) is 14.3. The van der Waals surface area contributed by atoms with Crippen LogP contribution < -0.4 is 16.0 Å². The van der Waals surface area contributed by atoms with Gasteiger partial charge in [-0.05, 0) is 25.0 Å². The molecule has 1 aromatic carbocycles. The van der Waals surface area contributed by atoms with Gasteiger partial charge < -0.3 is 20.7 Å². The third kappa shape index (κ3) is 2.78. The Morgan fingerprint density at radius 1 is 1.48 bits per heavy atom. The molecule has 0 radical (unpaired) electrons. The lowest BCUT2D eigenvalue weighted by Gasteiger charge is -2.37. The number of benzene rings is 1. The highest BCUT2D eigenvalue weighted by Gasteiger charge is 2.34. The Bertz CT molecular complexity index is 592. The number of morpholine rings is 1. The van der Waals surface area contributed by atoms with Crippen LogP contribution in [0.15, 0.2) is 18.2 Å². The van der Waals surface area contributed by atoms with Crippen molar-refractivity contribution in [1.82, 2.24) is 5.32 Å². The lowest BCUT2D eigenvalue weighted by Crippen LogP contribution is -2.54. The van der Waals surface area contributed by atoms with Gasteiger partial charge in [-0.3, -0.25) is 4.79 Å². The monoisotopic (exact) mass is 286 g/mol. The van der Waals surface area contributed by atoms with Crippen LogP contribution in [0.1, 0.15) is 18.4 Å². The number of nitriles is 1. The first-order valence-corrected chi connectivity index (χ1v) is 7.14. The van der Waals surface area contributed by atoms with Crippen LogP contribution in [0.2, 0.25) is 0 Å². The number of rotatable bonds is 3. The Morgan fingerprint density at radius 2 is 2.29 bits per heavy atom. The number of ether oxygens (including phenoxy) is 1. The minimum absolute atomic E-state index is 0.0287. The van der Waals surface area contributed by atoms with Crippen molar-refractivity contribution in [2.24, 2.45) is 0 Å². The summed E-state index contributed by atoms with van der Waals surface area (Å²) >= 11 is 0. The number of amides is 1. The zero-order chi connectivity index (χ0) is 14.8. The number of nitrogens with one attached hydrogen (secondary N) is 1. The summed E-state index contributed by atoms with van der Waals surface area (Å²) in [6.45, 7) is 1.47. The minimum atomic E-state index is -0.393. The zero-order valence-electron chi connectivity index (χ0n) is 11.7. The van der Waals surface area contributed by atoms with Gasteiger partial charge >= 0.3 is 0 Å². The standard InChI is InChI=1S/C15H18N4O2/c16-8-10-2-1-3-12(14(10)17)19-6-7-21-9-13(19)15(20)18-11-4-5-11/h1-3,11,13H,4-7,9,17H2,(H,18,20). The van der Waals surface area contributed by atoms with Crippen molar-refractivity contribution >= 4 is 17.3 Å². The Hall–Kier alpha value is -2.26. The predicted octanol–water partition coefficient (Wildman–Crippen LogP) is 0.624. The average Bonchev–Trinajstić information content (AvgIpc) is 3.31. The second kappa shape index (κ2) is 5.62. The predicted molar refractivity (Wildman–Crippen MR) is 78.7 cm³/mol. The molecular formula is C15H18N4O2. The van der Waals surface area contributed by atoms with Gasteiger partial charge in [0, 0.05) is 12.6 Å². The topological polar surface area (TPSA) is 91.4 Å². The molecule has 1 atom stereocenters. The molecule has 110 valence electrons. The van der Waals surface area contributed by atoms with Gasteiger partial charge in [-0.2, -0.15) is 5.26 Å². The first-order chi connectivity index (χ1) is 10.2. The molecule has 3 rings (SSSR count). The van der Waals surface area contributed by atoms with Gasteiger partial charge in [0.25, 0.3) is 0 Å². The zero-order valence-corrected chi connectivity index (χ0v) is 11.7. The molecule has 1 saturated carbocycles. The summed E-state index contributed by atoms with van der Waals surface area (Å²) in [6, 6.07) is 7.31. The van der Waals surface area contributed by atoms with Crippen molar-refractivity contribution in [2.45, 2.75) is 24.9 Å². The van der Waals surface area contributed by atoms with E-state index in [4.69, 9.17) is 15.7 Å². The van der Waals surface area contributed by atoms with Crippen molar-refractivity contribution in [3.05, 3.63) is 23.8 Å². The van der Waals surface area contributed by atoms with Crippen LogP contribution in [-0.4, -0.2) is 37.7 Å². The lowest BCUT2D eigenvalue weighted by atomic mass is 10.1. The Kier molecular flexibility index (Phi) is 3.67. The molecule has 1 amide bonds. The number of anilines is 2. The summed E-state index contributed by atoms with van der Waals surface area (Å²) in [5, 5.41) is 12.1. The number of carbonyl (C=O) groups excluding carboxylic acids is 1. The smallest absolute Gasteiger partial charge is 0.245 e. The first kappa shape index (κ1) is 13.7. The molecule has 1 unspecified atom stereocenters. The molecule has 1 aliphatic heterocycles. The maximum Gasteiger partial charge on any atom is 0.245 e. The SMILES string of the molecule is N#Cc1cccc(N2CCOCC2C(=O)NC2CC2)c1N. The molecule has 0 bridgehead atoms. The number of hydrogen-bond acceptors (Lipinski definition) is 5.